The lowest BCUT2D eigenvalue weighted by molar-refractivity contribution is 0.362. The van der Waals surface area contributed by atoms with Crippen molar-refractivity contribution >= 4 is 6.08 Å². The van der Waals surface area contributed by atoms with E-state index < -0.39 is 5.54 Å². The van der Waals surface area contributed by atoms with Crippen molar-refractivity contribution in [3.05, 3.63) is 22.8 Å². The van der Waals surface area contributed by atoms with Gasteiger partial charge >= 0.3 is 0 Å². The Kier molecular flexibility index (Phi) is 3.46. The number of rotatable bonds is 4. The van der Waals surface area contributed by atoms with Crippen LogP contribution in [0.2, 0.25) is 0 Å². The molecule has 3 aliphatic rings. The molecular weight excluding hydrogens is 290 g/mol. The first-order valence-corrected chi connectivity index (χ1v) is 8.62. The number of aliphatic imine (C=N–C) groups is 1. The van der Waals surface area contributed by atoms with Gasteiger partial charge in [-0.15, -0.1) is 0 Å². The standard InChI is InChI=1S/C19H23NO3/c1-22-15-10-14(19(20-11-21)7-3-4-8-19)18(23-2)17-13-6-5-12(9-13)16(15)17/h10,12-13H,3-9H2,1-2H3. The number of benzene rings is 1. The highest BCUT2D eigenvalue weighted by Crippen LogP contribution is 2.61. The van der Waals surface area contributed by atoms with Crippen LogP contribution in [0, 0.1) is 0 Å². The molecule has 4 heteroatoms. The summed E-state index contributed by atoms with van der Waals surface area (Å²) in [6, 6.07) is 2.09. The second-order valence-corrected chi connectivity index (χ2v) is 7.14. The molecule has 0 aromatic heterocycles. The van der Waals surface area contributed by atoms with E-state index in [2.05, 4.69) is 11.1 Å². The first-order chi connectivity index (χ1) is 11.2. The molecule has 0 radical (unpaired) electrons. The van der Waals surface area contributed by atoms with Gasteiger partial charge in [-0.25, -0.2) is 4.79 Å². The molecule has 2 atom stereocenters. The van der Waals surface area contributed by atoms with E-state index in [1.807, 2.05) is 6.08 Å². The van der Waals surface area contributed by atoms with Crippen molar-refractivity contribution in [2.24, 2.45) is 4.99 Å². The number of methoxy groups -OCH3 is 2. The predicted octanol–water partition coefficient (Wildman–Crippen LogP) is 4.17. The van der Waals surface area contributed by atoms with Crippen molar-refractivity contribution in [1.29, 1.82) is 0 Å². The Balaban J connectivity index is 1.98. The van der Waals surface area contributed by atoms with E-state index >= 15 is 0 Å². The number of hydrogen-bond acceptors (Lipinski definition) is 4. The normalized spacial score (nSPS) is 26.7. The van der Waals surface area contributed by atoms with Crippen molar-refractivity contribution in [3.8, 4) is 11.5 Å². The second kappa shape index (κ2) is 5.38. The van der Waals surface area contributed by atoms with Crippen LogP contribution in [0.25, 0.3) is 0 Å². The lowest BCUT2D eigenvalue weighted by Crippen LogP contribution is -2.21. The first-order valence-electron chi connectivity index (χ1n) is 8.62. The average molecular weight is 313 g/mol. The van der Waals surface area contributed by atoms with Gasteiger partial charge in [0.2, 0.25) is 6.08 Å². The topological polar surface area (TPSA) is 47.9 Å². The third kappa shape index (κ3) is 1.98. The lowest BCUT2D eigenvalue weighted by atomic mass is 9.81. The smallest absolute Gasteiger partial charge is 0.235 e. The van der Waals surface area contributed by atoms with Gasteiger partial charge < -0.3 is 9.47 Å². The van der Waals surface area contributed by atoms with Crippen LogP contribution in [0.4, 0.5) is 0 Å². The summed E-state index contributed by atoms with van der Waals surface area (Å²) in [7, 11) is 3.48. The van der Waals surface area contributed by atoms with E-state index in [-0.39, 0.29) is 0 Å². The van der Waals surface area contributed by atoms with Crippen LogP contribution in [-0.2, 0) is 10.3 Å². The van der Waals surface area contributed by atoms with Gasteiger partial charge in [-0.3, -0.25) is 0 Å². The summed E-state index contributed by atoms with van der Waals surface area (Å²) in [6.45, 7) is 0. The fourth-order valence-corrected chi connectivity index (χ4v) is 5.23. The van der Waals surface area contributed by atoms with Crippen molar-refractivity contribution in [2.45, 2.75) is 62.3 Å². The van der Waals surface area contributed by atoms with Gasteiger partial charge in [0.1, 0.15) is 17.0 Å². The van der Waals surface area contributed by atoms with Crippen LogP contribution in [0.5, 0.6) is 11.5 Å². The van der Waals surface area contributed by atoms with E-state index in [1.165, 1.54) is 30.4 Å². The highest BCUT2D eigenvalue weighted by Gasteiger charge is 2.46. The Hall–Kier alpha value is -1.80. The van der Waals surface area contributed by atoms with Crippen LogP contribution in [-0.4, -0.2) is 20.3 Å². The largest absolute Gasteiger partial charge is 0.496 e. The Morgan fingerprint density at radius 2 is 1.83 bits per heavy atom. The number of hydrogen-bond donors (Lipinski definition) is 0. The molecule has 0 aliphatic heterocycles. The molecule has 4 rings (SSSR count). The molecule has 0 amide bonds. The zero-order valence-electron chi connectivity index (χ0n) is 13.9. The quantitative estimate of drug-likeness (QED) is 0.619. The maximum atomic E-state index is 11.1. The maximum Gasteiger partial charge on any atom is 0.235 e. The van der Waals surface area contributed by atoms with Crippen molar-refractivity contribution in [3.63, 3.8) is 0 Å². The number of ether oxygens (including phenoxy) is 2. The van der Waals surface area contributed by atoms with Gasteiger partial charge in [-0.2, -0.15) is 4.99 Å². The van der Waals surface area contributed by atoms with Crippen LogP contribution >= 0.6 is 0 Å². The molecule has 122 valence electrons. The maximum absolute atomic E-state index is 11.1. The Labute approximate surface area is 136 Å². The molecule has 0 saturated heterocycles. The molecule has 1 aromatic carbocycles. The lowest BCUT2D eigenvalue weighted by Gasteiger charge is -2.30. The second-order valence-electron chi connectivity index (χ2n) is 7.14. The van der Waals surface area contributed by atoms with E-state index in [9.17, 15) is 4.79 Å². The van der Waals surface area contributed by atoms with Crippen molar-refractivity contribution in [1.82, 2.24) is 0 Å². The SMILES string of the molecule is COc1cc(C2(N=C=O)CCCC2)c(OC)c2c1C1CCC2C1. The minimum absolute atomic E-state index is 0.475. The third-order valence-corrected chi connectivity index (χ3v) is 6.19. The van der Waals surface area contributed by atoms with E-state index in [0.29, 0.717) is 11.8 Å². The fraction of sp³-hybridized carbons (Fsp3) is 0.632. The Bertz CT molecular complexity index is 684. The highest BCUT2D eigenvalue weighted by molar-refractivity contribution is 5.62. The van der Waals surface area contributed by atoms with E-state index in [1.54, 1.807) is 14.2 Å². The van der Waals surface area contributed by atoms with Crippen LogP contribution in [0.15, 0.2) is 11.1 Å². The van der Waals surface area contributed by atoms with Gasteiger partial charge in [0.25, 0.3) is 0 Å². The highest BCUT2D eigenvalue weighted by atomic mass is 16.5. The molecule has 2 bridgehead atoms. The molecule has 2 saturated carbocycles. The summed E-state index contributed by atoms with van der Waals surface area (Å²) in [4.78, 5) is 15.3. The average Bonchev–Trinajstić information content (AvgIpc) is 3.30. The van der Waals surface area contributed by atoms with Gasteiger partial charge in [0.15, 0.2) is 0 Å². The molecule has 1 aromatic rings. The summed E-state index contributed by atoms with van der Waals surface area (Å²) >= 11 is 0. The van der Waals surface area contributed by atoms with Gasteiger partial charge in [-0.05, 0) is 50.0 Å². The zero-order valence-corrected chi connectivity index (χ0v) is 13.9. The summed E-state index contributed by atoms with van der Waals surface area (Å²) in [5.74, 6) is 3.07. The van der Waals surface area contributed by atoms with Crippen molar-refractivity contribution < 1.29 is 14.3 Å². The first kappa shape index (κ1) is 14.8. The van der Waals surface area contributed by atoms with Crippen LogP contribution in [0.3, 0.4) is 0 Å². The summed E-state index contributed by atoms with van der Waals surface area (Å²) in [5.41, 5.74) is 3.22. The van der Waals surface area contributed by atoms with Crippen molar-refractivity contribution in [2.75, 3.05) is 14.2 Å². The molecule has 0 N–H and O–H groups in total. The zero-order chi connectivity index (χ0) is 16.0. The molecule has 0 heterocycles. The Morgan fingerprint density at radius 1 is 1.13 bits per heavy atom. The van der Waals surface area contributed by atoms with E-state index in [4.69, 9.17) is 9.47 Å². The van der Waals surface area contributed by atoms with Crippen LogP contribution < -0.4 is 9.47 Å². The summed E-state index contributed by atoms with van der Waals surface area (Å²) in [6.07, 6.45) is 9.43. The van der Waals surface area contributed by atoms with Gasteiger partial charge in [-0.1, -0.05) is 12.8 Å². The fourth-order valence-electron chi connectivity index (χ4n) is 5.23. The Morgan fingerprint density at radius 3 is 2.43 bits per heavy atom. The minimum atomic E-state index is -0.475. The van der Waals surface area contributed by atoms with Gasteiger partial charge in [0, 0.05) is 16.7 Å². The summed E-state index contributed by atoms with van der Waals surface area (Å²) < 4.78 is 11.6. The summed E-state index contributed by atoms with van der Waals surface area (Å²) in [5, 5.41) is 0. The van der Waals surface area contributed by atoms with Crippen LogP contribution in [0.1, 0.15) is 73.5 Å². The number of nitrogens with zero attached hydrogens (tertiary/aromatic N) is 1. The molecular formula is C19H23NO3. The number of carbonyl (C=O) groups excluding carboxylic acids is 1. The monoisotopic (exact) mass is 313 g/mol. The number of fused-ring (bicyclic) bond motifs is 5. The predicted molar refractivity (Wildman–Crippen MR) is 87.1 cm³/mol. The minimum Gasteiger partial charge on any atom is -0.496 e. The molecule has 0 spiro atoms. The molecule has 2 unspecified atom stereocenters. The molecule has 23 heavy (non-hydrogen) atoms. The van der Waals surface area contributed by atoms with E-state index in [0.717, 1.165) is 42.7 Å². The van der Waals surface area contributed by atoms with Gasteiger partial charge in [0.05, 0.1) is 14.2 Å². The third-order valence-electron chi connectivity index (χ3n) is 6.19. The molecule has 3 aliphatic carbocycles. The number of isocyanates is 1. The molecule has 4 nitrogen and oxygen atoms in total. The molecule has 2 fully saturated rings.